The van der Waals surface area contributed by atoms with Gasteiger partial charge in [-0.25, -0.2) is 4.90 Å². The number of carbonyl (C=O) groups excluding carboxylic acids is 2. The minimum Gasteiger partial charge on any atom is -0.496 e. The summed E-state index contributed by atoms with van der Waals surface area (Å²) >= 11 is 1.41. The fraction of sp³-hybridized carbons (Fsp3) is 0.238. The van der Waals surface area contributed by atoms with E-state index in [1.54, 1.807) is 25.3 Å². The number of benzene rings is 2. The van der Waals surface area contributed by atoms with Crippen LogP contribution in [-0.2, 0) is 9.59 Å². The molecule has 0 bridgehead atoms. The van der Waals surface area contributed by atoms with Gasteiger partial charge >= 0.3 is 0 Å². The molecule has 0 atom stereocenters. The molecular weight excluding hydrogens is 346 g/mol. The van der Waals surface area contributed by atoms with Crippen LogP contribution >= 0.6 is 11.8 Å². The van der Waals surface area contributed by atoms with Crippen LogP contribution in [0.15, 0.2) is 53.4 Å². The van der Waals surface area contributed by atoms with Crippen LogP contribution in [0.1, 0.15) is 25.0 Å². The maximum absolute atomic E-state index is 13.2. The Balaban J connectivity index is 2.14. The van der Waals surface area contributed by atoms with Gasteiger partial charge in [0.2, 0.25) is 0 Å². The van der Waals surface area contributed by atoms with Crippen LogP contribution in [0.2, 0.25) is 0 Å². The highest BCUT2D eigenvalue weighted by molar-refractivity contribution is 8.04. The van der Waals surface area contributed by atoms with E-state index in [0.717, 1.165) is 5.56 Å². The number of rotatable bonds is 5. The molecular formula is C21H21NO3S. The number of para-hydroxylation sites is 1. The molecule has 0 aromatic heterocycles. The summed E-state index contributed by atoms with van der Waals surface area (Å²) in [5.41, 5.74) is 2.71. The highest BCUT2D eigenvalue weighted by Gasteiger charge is 2.41. The third-order valence-corrected chi connectivity index (χ3v) is 5.15. The van der Waals surface area contributed by atoms with Crippen molar-refractivity contribution in [3.8, 4) is 5.75 Å². The molecule has 4 nitrogen and oxygen atoms in total. The summed E-state index contributed by atoms with van der Waals surface area (Å²) in [7, 11) is 1.56. The average Bonchev–Trinajstić information content (AvgIpc) is 2.85. The Labute approximate surface area is 157 Å². The molecule has 26 heavy (non-hydrogen) atoms. The quantitative estimate of drug-likeness (QED) is 0.734. The second-order valence-corrected chi connectivity index (χ2v) is 7.94. The van der Waals surface area contributed by atoms with Gasteiger partial charge in [0.25, 0.3) is 11.8 Å². The smallest absolute Gasteiger partial charge is 0.272 e. The van der Waals surface area contributed by atoms with Crippen molar-refractivity contribution in [2.45, 2.75) is 26.0 Å². The molecule has 0 spiro atoms. The summed E-state index contributed by atoms with van der Waals surface area (Å²) in [4.78, 5) is 28.1. The molecule has 0 fully saturated rings. The largest absolute Gasteiger partial charge is 0.496 e. The number of anilines is 1. The average molecular weight is 367 g/mol. The molecule has 0 unspecified atom stereocenters. The molecule has 0 radical (unpaired) electrons. The van der Waals surface area contributed by atoms with Crippen molar-refractivity contribution in [2.24, 2.45) is 0 Å². The van der Waals surface area contributed by atoms with E-state index in [1.165, 1.54) is 16.7 Å². The normalized spacial score (nSPS) is 14.6. The first-order valence-corrected chi connectivity index (χ1v) is 9.31. The molecule has 5 heteroatoms. The molecule has 2 aromatic rings. The summed E-state index contributed by atoms with van der Waals surface area (Å²) < 4.78 is 5.43. The van der Waals surface area contributed by atoms with Crippen LogP contribution in [0.3, 0.4) is 0 Å². The van der Waals surface area contributed by atoms with E-state index in [2.05, 4.69) is 0 Å². The lowest BCUT2D eigenvalue weighted by Gasteiger charge is -2.16. The lowest BCUT2D eigenvalue weighted by molar-refractivity contribution is -0.119. The van der Waals surface area contributed by atoms with Gasteiger partial charge in [-0.1, -0.05) is 49.7 Å². The topological polar surface area (TPSA) is 46.6 Å². The second-order valence-electron chi connectivity index (χ2n) is 6.35. The SMILES string of the molecule is COc1ccccc1C1=C(SC(C)C)C(=O)N(c2ccc(C)cc2)C1=O. The first-order valence-electron chi connectivity index (χ1n) is 8.43. The minimum absolute atomic E-state index is 0.171. The summed E-state index contributed by atoms with van der Waals surface area (Å²) in [5, 5.41) is 0.171. The maximum Gasteiger partial charge on any atom is 0.272 e. The molecule has 1 aliphatic heterocycles. The highest BCUT2D eigenvalue weighted by Crippen LogP contribution is 2.42. The van der Waals surface area contributed by atoms with Crippen molar-refractivity contribution in [1.29, 1.82) is 0 Å². The summed E-state index contributed by atoms with van der Waals surface area (Å²) in [6.07, 6.45) is 0. The number of ether oxygens (including phenoxy) is 1. The summed E-state index contributed by atoms with van der Waals surface area (Å²) in [6, 6.07) is 14.7. The Bertz CT molecular complexity index is 884. The fourth-order valence-electron chi connectivity index (χ4n) is 2.87. The van der Waals surface area contributed by atoms with Crippen LogP contribution in [0.4, 0.5) is 5.69 Å². The summed E-state index contributed by atoms with van der Waals surface area (Å²) in [5.74, 6) is -0.0128. The van der Waals surface area contributed by atoms with Crippen molar-refractivity contribution >= 4 is 34.8 Å². The number of imide groups is 1. The van der Waals surface area contributed by atoms with Gasteiger partial charge in [-0.15, -0.1) is 11.8 Å². The van der Waals surface area contributed by atoms with Gasteiger partial charge in [0.05, 0.1) is 23.3 Å². The van der Waals surface area contributed by atoms with E-state index in [-0.39, 0.29) is 17.1 Å². The molecule has 0 N–H and O–H groups in total. The van der Waals surface area contributed by atoms with Crippen molar-refractivity contribution in [1.82, 2.24) is 0 Å². The third kappa shape index (κ3) is 3.27. The van der Waals surface area contributed by atoms with Crippen LogP contribution in [-0.4, -0.2) is 24.2 Å². The highest BCUT2D eigenvalue weighted by atomic mass is 32.2. The molecule has 2 aromatic carbocycles. The van der Waals surface area contributed by atoms with Crippen LogP contribution in [0.5, 0.6) is 5.75 Å². The molecule has 0 saturated heterocycles. The number of carbonyl (C=O) groups is 2. The number of methoxy groups -OCH3 is 1. The van der Waals surface area contributed by atoms with E-state index < -0.39 is 0 Å². The van der Waals surface area contributed by atoms with E-state index in [4.69, 9.17) is 4.74 Å². The molecule has 0 aliphatic carbocycles. The first kappa shape index (κ1) is 18.3. The Kier molecular flexibility index (Phi) is 5.18. The Morgan fingerprint density at radius 1 is 0.962 bits per heavy atom. The van der Waals surface area contributed by atoms with Crippen molar-refractivity contribution in [3.05, 3.63) is 64.6 Å². The van der Waals surface area contributed by atoms with Crippen molar-refractivity contribution in [2.75, 3.05) is 12.0 Å². The molecule has 2 amide bonds. The molecule has 1 heterocycles. The first-order chi connectivity index (χ1) is 12.4. The zero-order chi connectivity index (χ0) is 18.8. The molecule has 134 valence electrons. The van der Waals surface area contributed by atoms with Crippen LogP contribution < -0.4 is 9.64 Å². The van der Waals surface area contributed by atoms with Crippen molar-refractivity contribution < 1.29 is 14.3 Å². The monoisotopic (exact) mass is 367 g/mol. The van der Waals surface area contributed by atoms with Gasteiger partial charge in [-0.2, -0.15) is 0 Å². The molecule has 1 aliphatic rings. The zero-order valence-electron chi connectivity index (χ0n) is 15.3. The van der Waals surface area contributed by atoms with Crippen molar-refractivity contribution in [3.63, 3.8) is 0 Å². The van der Waals surface area contributed by atoms with E-state index in [9.17, 15) is 9.59 Å². The van der Waals surface area contributed by atoms with Gasteiger partial charge in [-0.05, 0) is 25.1 Å². The van der Waals surface area contributed by atoms with Gasteiger partial charge in [0.1, 0.15) is 5.75 Å². The van der Waals surface area contributed by atoms with Gasteiger partial charge in [0, 0.05) is 10.8 Å². The Hall–Kier alpha value is -2.53. The lowest BCUT2D eigenvalue weighted by Crippen LogP contribution is -2.31. The van der Waals surface area contributed by atoms with Crippen LogP contribution in [0, 0.1) is 6.92 Å². The van der Waals surface area contributed by atoms with E-state index >= 15 is 0 Å². The van der Waals surface area contributed by atoms with E-state index in [1.807, 2.05) is 51.1 Å². The number of hydrogen-bond acceptors (Lipinski definition) is 4. The predicted octanol–water partition coefficient (Wildman–Crippen LogP) is 4.43. The number of amides is 2. The molecule has 0 saturated carbocycles. The Morgan fingerprint density at radius 3 is 2.23 bits per heavy atom. The van der Waals surface area contributed by atoms with Gasteiger partial charge < -0.3 is 4.74 Å². The van der Waals surface area contributed by atoms with Gasteiger partial charge in [0.15, 0.2) is 0 Å². The predicted molar refractivity (Wildman–Crippen MR) is 106 cm³/mol. The second kappa shape index (κ2) is 7.38. The van der Waals surface area contributed by atoms with Crippen LogP contribution in [0.25, 0.3) is 5.57 Å². The number of aryl methyl sites for hydroxylation is 1. The fourth-order valence-corrected chi connectivity index (χ4v) is 3.85. The summed E-state index contributed by atoms with van der Waals surface area (Å²) in [6.45, 7) is 5.98. The lowest BCUT2D eigenvalue weighted by atomic mass is 10.0. The Morgan fingerprint density at radius 2 is 1.62 bits per heavy atom. The van der Waals surface area contributed by atoms with E-state index in [0.29, 0.717) is 27.5 Å². The third-order valence-electron chi connectivity index (χ3n) is 4.06. The van der Waals surface area contributed by atoms with Gasteiger partial charge in [-0.3, -0.25) is 9.59 Å². The standard InChI is InChI=1S/C21H21NO3S/c1-13(2)26-19-18(16-7-5-6-8-17(16)25-4)20(23)22(21(19)24)15-11-9-14(3)10-12-15/h5-13H,1-4H3. The maximum atomic E-state index is 13.2. The zero-order valence-corrected chi connectivity index (χ0v) is 16.1. The number of hydrogen-bond donors (Lipinski definition) is 0. The minimum atomic E-state index is -0.313. The number of nitrogens with zero attached hydrogens (tertiary/aromatic N) is 1. The molecule has 3 rings (SSSR count). The number of thioether (sulfide) groups is 1.